The molecule has 0 heterocycles. The molecule has 3 aromatic rings. The molecule has 126 valence electrons. The van der Waals surface area contributed by atoms with Gasteiger partial charge < -0.3 is 9.57 Å². The molecule has 0 atom stereocenters. The standard InChI is InChI=1S/C22H21NO2/c1-18(23-25-17-16-24-22-10-6-3-7-11-22)19-12-14-21(15-13-19)20-8-4-2-5-9-20/h2-15H,16-17H2,1H3. The van der Waals surface area contributed by atoms with E-state index in [0.29, 0.717) is 13.2 Å². The van der Waals surface area contributed by atoms with Crippen LogP contribution < -0.4 is 4.74 Å². The van der Waals surface area contributed by atoms with E-state index in [4.69, 9.17) is 9.57 Å². The van der Waals surface area contributed by atoms with Crippen LogP contribution in [0.15, 0.2) is 90.1 Å². The van der Waals surface area contributed by atoms with E-state index in [9.17, 15) is 0 Å². The van der Waals surface area contributed by atoms with Crippen LogP contribution in [0.1, 0.15) is 12.5 Å². The van der Waals surface area contributed by atoms with E-state index < -0.39 is 0 Å². The zero-order valence-electron chi connectivity index (χ0n) is 14.3. The summed E-state index contributed by atoms with van der Waals surface area (Å²) in [6.07, 6.45) is 0. The zero-order chi connectivity index (χ0) is 17.3. The van der Waals surface area contributed by atoms with Gasteiger partial charge in [-0.25, -0.2) is 0 Å². The smallest absolute Gasteiger partial charge is 0.151 e. The van der Waals surface area contributed by atoms with Gasteiger partial charge in [-0.1, -0.05) is 78.0 Å². The maximum atomic E-state index is 5.56. The molecular weight excluding hydrogens is 310 g/mol. The molecule has 0 aliphatic carbocycles. The monoisotopic (exact) mass is 331 g/mol. The van der Waals surface area contributed by atoms with Crippen molar-refractivity contribution in [1.29, 1.82) is 0 Å². The third-order valence-corrected chi connectivity index (χ3v) is 3.80. The summed E-state index contributed by atoms with van der Waals surface area (Å²) >= 11 is 0. The van der Waals surface area contributed by atoms with Crippen LogP contribution in [-0.4, -0.2) is 18.9 Å². The highest BCUT2D eigenvalue weighted by molar-refractivity contribution is 5.98. The molecular formula is C22H21NO2. The molecule has 3 nitrogen and oxygen atoms in total. The molecule has 0 aromatic heterocycles. The van der Waals surface area contributed by atoms with Crippen molar-refractivity contribution in [3.8, 4) is 16.9 Å². The van der Waals surface area contributed by atoms with Crippen molar-refractivity contribution in [3.63, 3.8) is 0 Å². The van der Waals surface area contributed by atoms with Gasteiger partial charge in [-0.15, -0.1) is 0 Å². The second-order valence-electron chi connectivity index (χ2n) is 5.61. The van der Waals surface area contributed by atoms with Crippen molar-refractivity contribution < 1.29 is 9.57 Å². The van der Waals surface area contributed by atoms with E-state index in [1.807, 2.05) is 55.5 Å². The fraction of sp³-hybridized carbons (Fsp3) is 0.136. The van der Waals surface area contributed by atoms with Crippen molar-refractivity contribution in [1.82, 2.24) is 0 Å². The van der Waals surface area contributed by atoms with E-state index in [1.54, 1.807) is 0 Å². The molecule has 0 aliphatic heterocycles. The second-order valence-corrected chi connectivity index (χ2v) is 5.61. The molecule has 0 saturated carbocycles. The van der Waals surface area contributed by atoms with Gasteiger partial charge in [0.05, 0.1) is 5.71 Å². The summed E-state index contributed by atoms with van der Waals surface area (Å²) in [6, 6.07) is 28.3. The van der Waals surface area contributed by atoms with Crippen molar-refractivity contribution in [3.05, 3.63) is 90.5 Å². The summed E-state index contributed by atoms with van der Waals surface area (Å²) in [7, 11) is 0. The first-order chi connectivity index (χ1) is 12.3. The molecule has 0 saturated heterocycles. The Morgan fingerprint density at radius 3 is 2.00 bits per heavy atom. The number of hydrogen-bond acceptors (Lipinski definition) is 3. The Labute approximate surface area is 148 Å². The predicted molar refractivity (Wildman–Crippen MR) is 102 cm³/mol. The summed E-state index contributed by atoms with van der Waals surface area (Å²) in [6.45, 7) is 2.82. The molecule has 3 heteroatoms. The number of rotatable bonds is 7. The van der Waals surface area contributed by atoms with Crippen LogP contribution in [0.2, 0.25) is 0 Å². The first-order valence-corrected chi connectivity index (χ1v) is 8.33. The molecule has 0 unspecified atom stereocenters. The zero-order valence-corrected chi connectivity index (χ0v) is 14.3. The van der Waals surface area contributed by atoms with E-state index in [0.717, 1.165) is 17.0 Å². The average Bonchev–Trinajstić information content (AvgIpc) is 2.69. The van der Waals surface area contributed by atoms with Gasteiger partial charge in [0.1, 0.15) is 12.4 Å². The molecule has 0 aliphatic rings. The minimum absolute atomic E-state index is 0.411. The third kappa shape index (κ3) is 4.95. The molecule has 0 amide bonds. The first kappa shape index (κ1) is 16.8. The average molecular weight is 331 g/mol. The third-order valence-electron chi connectivity index (χ3n) is 3.80. The number of para-hydroxylation sites is 1. The molecule has 0 N–H and O–H groups in total. The van der Waals surface area contributed by atoms with Crippen molar-refractivity contribution in [2.45, 2.75) is 6.92 Å². The van der Waals surface area contributed by atoms with Gasteiger partial charge in [-0.05, 0) is 35.7 Å². The predicted octanol–water partition coefficient (Wildman–Crippen LogP) is 5.17. The SMILES string of the molecule is CC(=NOCCOc1ccccc1)c1ccc(-c2ccccc2)cc1. The Balaban J connectivity index is 1.50. The van der Waals surface area contributed by atoms with Crippen molar-refractivity contribution in [2.24, 2.45) is 5.16 Å². The van der Waals surface area contributed by atoms with Gasteiger partial charge in [0.2, 0.25) is 0 Å². The molecule has 0 radical (unpaired) electrons. The summed E-state index contributed by atoms with van der Waals surface area (Å²) in [5.74, 6) is 0.836. The summed E-state index contributed by atoms with van der Waals surface area (Å²) in [5.41, 5.74) is 4.29. The molecule has 0 fully saturated rings. The summed E-state index contributed by atoms with van der Waals surface area (Å²) in [5, 5.41) is 4.16. The van der Waals surface area contributed by atoms with Crippen LogP contribution in [-0.2, 0) is 4.84 Å². The van der Waals surface area contributed by atoms with Gasteiger partial charge in [0.25, 0.3) is 0 Å². The van der Waals surface area contributed by atoms with Gasteiger partial charge in [-0.3, -0.25) is 0 Å². The number of oxime groups is 1. The molecule has 0 spiro atoms. The van der Waals surface area contributed by atoms with Crippen LogP contribution in [0.4, 0.5) is 0 Å². The van der Waals surface area contributed by atoms with Gasteiger partial charge in [0.15, 0.2) is 6.61 Å². The van der Waals surface area contributed by atoms with Crippen LogP contribution in [0, 0.1) is 0 Å². The van der Waals surface area contributed by atoms with Gasteiger partial charge in [0, 0.05) is 0 Å². The number of ether oxygens (including phenoxy) is 1. The Hall–Kier alpha value is -3.07. The minimum Gasteiger partial charge on any atom is -0.490 e. The summed E-state index contributed by atoms with van der Waals surface area (Å²) < 4.78 is 5.56. The fourth-order valence-corrected chi connectivity index (χ4v) is 2.44. The van der Waals surface area contributed by atoms with Crippen LogP contribution >= 0.6 is 0 Å². The van der Waals surface area contributed by atoms with E-state index in [2.05, 4.69) is 41.6 Å². The van der Waals surface area contributed by atoms with E-state index >= 15 is 0 Å². The quantitative estimate of drug-likeness (QED) is 0.339. The van der Waals surface area contributed by atoms with Crippen molar-refractivity contribution in [2.75, 3.05) is 13.2 Å². The fourth-order valence-electron chi connectivity index (χ4n) is 2.44. The topological polar surface area (TPSA) is 30.8 Å². The number of benzene rings is 3. The van der Waals surface area contributed by atoms with E-state index in [-0.39, 0.29) is 0 Å². The molecule has 3 aromatic carbocycles. The highest BCUT2D eigenvalue weighted by Crippen LogP contribution is 2.19. The van der Waals surface area contributed by atoms with Gasteiger partial charge in [-0.2, -0.15) is 0 Å². The van der Waals surface area contributed by atoms with Crippen LogP contribution in [0.3, 0.4) is 0 Å². The Morgan fingerprint density at radius 1 is 0.720 bits per heavy atom. The highest BCUT2D eigenvalue weighted by Gasteiger charge is 2.01. The number of nitrogens with zero attached hydrogens (tertiary/aromatic N) is 1. The Bertz CT molecular complexity index is 796. The Kier molecular flexibility index (Phi) is 5.83. The maximum Gasteiger partial charge on any atom is 0.151 e. The first-order valence-electron chi connectivity index (χ1n) is 8.33. The largest absolute Gasteiger partial charge is 0.490 e. The lowest BCUT2D eigenvalue weighted by molar-refractivity contribution is 0.107. The highest BCUT2D eigenvalue weighted by atomic mass is 16.6. The Morgan fingerprint density at radius 2 is 1.32 bits per heavy atom. The molecule has 25 heavy (non-hydrogen) atoms. The van der Waals surface area contributed by atoms with Crippen LogP contribution in [0.5, 0.6) is 5.75 Å². The van der Waals surface area contributed by atoms with Gasteiger partial charge >= 0.3 is 0 Å². The minimum atomic E-state index is 0.411. The van der Waals surface area contributed by atoms with E-state index in [1.165, 1.54) is 11.1 Å². The second kappa shape index (κ2) is 8.69. The molecule has 0 bridgehead atoms. The van der Waals surface area contributed by atoms with Crippen molar-refractivity contribution >= 4 is 5.71 Å². The lowest BCUT2D eigenvalue weighted by Gasteiger charge is -2.06. The maximum absolute atomic E-state index is 5.56. The normalized spacial score (nSPS) is 11.2. The molecule has 3 rings (SSSR count). The van der Waals surface area contributed by atoms with Crippen LogP contribution in [0.25, 0.3) is 11.1 Å². The number of hydrogen-bond donors (Lipinski definition) is 0. The lowest BCUT2D eigenvalue weighted by atomic mass is 10.0. The summed E-state index contributed by atoms with van der Waals surface area (Å²) in [4.78, 5) is 5.35. The lowest BCUT2D eigenvalue weighted by Crippen LogP contribution is -2.05.